The zero-order valence-electron chi connectivity index (χ0n) is 13.7. The van der Waals surface area contributed by atoms with E-state index in [1.165, 1.54) is 4.68 Å². The highest BCUT2D eigenvalue weighted by molar-refractivity contribution is 5.60. The lowest BCUT2D eigenvalue weighted by molar-refractivity contribution is 0.375. The lowest BCUT2D eigenvalue weighted by atomic mass is 9.97. The second-order valence-corrected chi connectivity index (χ2v) is 6.53. The standard InChI is InChI=1S/C16H22N2O3/c1-8-9(2)12(11(4)13(19)10(8)3)18-15(20)21-14(17-18)16(5,6)7/h19H,1-7H3. The molecule has 0 aliphatic heterocycles. The van der Waals surface area contributed by atoms with E-state index in [1.54, 1.807) is 6.92 Å². The van der Waals surface area contributed by atoms with Gasteiger partial charge in [-0.15, -0.1) is 5.10 Å². The second-order valence-electron chi connectivity index (χ2n) is 6.53. The fourth-order valence-electron chi connectivity index (χ4n) is 2.35. The van der Waals surface area contributed by atoms with E-state index >= 15 is 0 Å². The summed E-state index contributed by atoms with van der Waals surface area (Å²) in [6.45, 7) is 13.3. The summed E-state index contributed by atoms with van der Waals surface area (Å²) in [6, 6.07) is 0. The molecule has 0 spiro atoms. The number of aromatic nitrogens is 2. The fraction of sp³-hybridized carbons (Fsp3) is 0.500. The average Bonchev–Trinajstić information content (AvgIpc) is 2.77. The van der Waals surface area contributed by atoms with Gasteiger partial charge in [-0.05, 0) is 44.4 Å². The molecule has 1 N–H and O–H groups in total. The van der Waals surface area contributed by atoms with Gasteiger partial charge in [0.15, 0.2) is 0 Å². The first-order chi connectivity index (χ1) is 9.55. The molecule has 0 amide bonds. The molecule has 2 aromatic rings. The minimum atomic E-state index is -0.534. The van der Waals surface area contributed by atoms with Crippen LogP contribution in [0.25, 0.3) is 5.69 Å². The van der Waals surface area contributed by atoms with Crippen molar-refractivity contribution in [2.45, 2.75) is 53.9 Å². The molecule has 0 unspecified atom stereocenters. The van der Waals surface area contributed by atoms with Crippen molar-refractivity contribution in [1.82, 2.24) is 9.78 Å². The van der Waals surface area contributed by atoms with Crippen LogP contribution in [0.3, 0.4) is 0 Å². The molecular weight excluding hydrogens is 268 g/mol. The maximum atomic E-state index is 12.2. The quantitative estimate of drug-likeness (QED) is 0.876. The van der Waals surface area contributed by atoms with E-state index < -0.39 is 5.76 Å². The normalized spacial score (nSPS) is 12.0. The number of phenolic OH excluding ortho intramolecular Hbond substituents is 1. The predicted molar refractivity (Wildman–Crippen MR) is 81.4 cm³/mol. The SMILES string of the molecule is Cc1c(C)c(O)c(C)c(-n2nc(C(C)(C)C)oc2=O)c1C. The summed E-state index contributed by atoms with van der Waals surface area (Å²) in [5.41, 5.74) is 3.56. The van der Waals surface area contributed by atoms with Crippen molar-refractivity contribution in [3.63, 3.8) is 0 Å². The Kier molecular flexibility index (Phi) is 3.48. The summed E-state index contributed by atoms with van der Waals surface area (Å²) in [7, 11) is 0. The zero-order valence-corrected chi connectivity index (χ0v) is 13.7. The van der Waals surface area contributed by atoms with Crippen LogP contribution in [0.5, 0.6) is 5.75 Å². The van der Waals surface area contributed by atoms with Crippen LogP contribution in [-0.2, 0) is 5.41 Å². The van der Waals surface area contributed by atoms with Crippen molar-refractivity contribution in [3.8, 4) is 11.4 Å². The van der Waals surface area contributed by atoms with Crippen LogP contribution in [0.15, 0.2) is 9.21 Å². The molecule has 0 bridgehead atoms. The summed E-state index contributed by atoms with van der Waals surface area (Å²) >= 11 is 0. The van der Waals surface area contributed by atoms with Gasteiger partial charge >= 0.3 is 5.76 Å². The molecule has 0 fully saturated rings. The van der Waals surface area contributed by atoms with Crippen molar-refractivity contribution in [2.24, 2.45) is 0 Å². The molecule has 0 saturated heterocycles. The summed E-state index contributed by atoms with van der Waals surface area (Å²) in [5, 5.41) is 14.5. The second kappa shape index (κ2) is 4.76. The van der Waals surface area contributed by atoms with Gasteiger partial charge in [0.25, 0.3) is 0 Å². The third-order valence-corrected chi connectivity index (χ3v) is 3.95. The Bertz CT molecular complexity index is 732. The van der Waals surface area contributed by atoms with Crippen LogP contribution >= 0.6 is 0 Å². The highest BCUT2D eigenvalue weighted by atomic mass is 16.4. The number of nitrogens with zero attached hydrogens (tertiary/aromatic N) is 2. The van der Waals surface area contributed by atoms with E-state index in [-0.39, 0.29) is 11.2 Å². The van der Waals surface area contributed by atoms with Crippen molar-refractivity contribution < 1.29 is 9.52 Å². The number of benzene rings is 1. The van der Waals surface area contributed by atoms with Crippen molar-refractivity contribution in [1.29, 1.82) is 0 Å². The number of aromatic hydroxyl groups is 1. The van der Waals surface area contributed by atoms with Crippen molar-refractivity contribution in [3.05, 3.63) is 38.7 Å². The molecule has 1 aromatic heterocycles. The van der Waals surface area contributed by atoms with E-state index in [0.29, 0.717) is 17.1 Å². The maximum absolute atomic E-state index is 12.2. The van der Waals surface area contributed by atoms with Gasteiger partial charge in [0.05, 0.1) is 5.69 Å². The fourth-order valence-corrected chi connectivity index (χ4v) is 2.35. The first-order valence-electron chi connectivity index (χ1n) is 6.96. The van der Waals surface area contributed by atoms with Gasteiger partial charge in [0, 0.05) is 11.0 Å². The molecule has 114 valence electrons. The van der Waals surface area contributed by atoms with E-state index in [9.17, 15) is 9.90 Å². The Morgan fingerprint density at radius 3 is 2.05 bits per heavy atom. The summed E-state index contributed by atoms with van der Waals surface area (Å²) in [5.74, 6) is 0.0399. The lowest BCUT2D eigenvalue weighted by Crippen LogP contribution is -2.17. The van der Waals surface area contributed by atoms with Crippen LogP contribution < -0.4 is 5.76 Å². The summed E-state index contributed by atoms with van der Waals surface area (Å²) < 4.78 is 6.52. The molecular formula is C16H22N2O3. The van der Waals surface area contributed by atoms with Crippen LogP contribution in [-0.4, -0.2) is 14.9 Å². The molecule has 0 aliphatic rings. The number of phenols is 1. The first kappa shape index (κ1) is 15.4. The molecule has 1 aromatic carbocycles. The topological polar surface area (TPSA) is 68.3 Å². The highest BCUT2D eigenvalue weighted by Crippen LogP contribution is 2.33. The minimum Gasteiger partial charge on any atom is -0.507 e. The minimum absolute atomic E-state index is 0.195. The Morgan fingerprint density at radius 2 is 1.57 bits per heavy atom. The maximum Gasteiger partial charge on any atom is 0.441 e. The number of rotatable bonds is 1. The number of hydrogen-bond donors (Lipinski definition) is 1. The number of hydrogen-bond acceptors (Lipinski definition) is 4. The van der Waals surface area contributed by atoms with Crippen LogP contribution in [0.1, 0.15) is 48.9 Å². The smallest absolute Gasteiger partial charge is 0.441 e. The molecule has 0 radical (unpaired) electrons. The van der Waals surface area contributed by atoms with Gasteiger partial charge in [0.1, 0.15) is 5.75 Å². The van der Waals surface area contributed by atoms with E-state index in [4.69, 9.17) is 4.42 Å². The van der Waals surface area contributed by atoms with Gasteiger partial charge in [-0.1, -0.05) is 20.8 Å². The molecule has 0 atom stereocenters. The molecule has 21 heavy (non-hydrogen) atoms. The monoisotopic (exact) mass is 290 g/mol. The van der Waals surface area contributed by atoms with E-state index in [2.05, 4.69) is 5.10 Å². The third-order valence-electron chi connectivity index (χ3n) is 3.95. The van der Waals surface area contributed by atoms with E-state index in [1.807, 2.05) is 41.5 Å². The van der Waals surface area contributed by atoms with Crippen LogP contribution in [0.2, 0.25) is 0 Å². The molecule has 1 heterocycles. The van der Waals surface area contributed by atoms with Gasteiger partial charge in [-0.25, -0.2) is 4.79 Å². The summed E-state index contributed by atoms with van der Waals surface area (Å²) in [4.78, 5) is 12.2. The largest absolute Gasteiger partial charge is 0.507 e. The molecule has 5 heteroatoms. The lowest BCUT2D eigenvalue weighted by Gasteiger charge is -2.16. The Labute approximate surface area is 124 Å². The Balaban J connectivity index is 2.81. The Morgan fingerprint density at radius 1 is 1.00 bits per heavy atom. The predicted octanol–water partition coefficient (Wildman–Crippen LogP) is 3.06. The van der Waals surface area contributed by atoms with Crippen LogP contribution in [0.4, 0.5) is 0 Å². The first-order valence-corrected chi connectivity index (χ1v) is 6.96. The zero-order chi connectivity index (χ0) is 16.1. The molecule has 0 aliphatic carbocycles. The van der Waals surface area contributed by atoms with Gasteiger partial charge < -0.3 is 9.52 Å². The average molecular weight is 290 g/mol. The molecule has 0 saturated carbocycles. The Hall–Kier alpha value is -2.04. The van der Waals surface area contributed by atoms with Crippen LogP contribution in [0, 0.1) is 27.7 Å². The van der Waals surface area contributed by atoms with E-state index in [0.717, 1.165) is 16.7 Å². The third kappa shape index (κ3) is 2.37. The highest BCUT2D eigenvalue weighted by Gasteiger charge is 2.25. The molecule has 5 nitrogen and oxygen atoms in total. The molecule has 2 rings (SSSR count). The van der Waals surface area contributed by atoms with Gasteiger partial charge in [-0.3, -0.25) is 0 Å². The van der Waals surface area contributed by atoms with Gasteiger partial charge in [-0.2, -0.15) is 4.68 Å². The van der Waals surface area contributed by atoms with Gasteiger partial charge in [0.2, 0.25) is 5.89 Å². The van der Waals surface area contributed by atoms with Crippen molar-refractivity contribution in [2.75, 3.05) is 0 Å². The van der Waals surface area contributed by atoms with Crippen molar-refractivity contribution >= 4 is 0 Å². The summed E-state index contributed by atoms with van der Waals surface area (Å²) in [6.07, 6.45) is 0.